The number of amides is 6. The van der Waals surface area contributed by atoms with Crippen molar-refractivity contribution in [1.29, 1.82) is 0 Å². The van der Waals surface area contributed by atoms with Gasteiger partial charge in [-0.05, 0) is 39.2 Å². The van der Waals surface area contributed by atoms with Gasteiger partial charge in [0.1, 0.15) is 18.1 Å². The van der Waals surface area contributed by atoms with Crippen LogP contribution >= 0.6 is 0 Å². The molecule has 0 aromatic heterocycles. The quantitative estimate of drug-likeness (QED) is 0.161. The highest BCUT2D eigenvalue weighted by Gasteiger charge is 2.38. The van der Waals surface area contributed by atoms with Gasteiger partial charge in [-0.3, -0.25) is 28.8 Å². The van der Waals surface area contributed by atoms with E-state index in [0.717, 1.165) is 0 Å². The molecule has 4 atom stereocenters. The lowest BCUT2D eigenvalue weighted by Gasteiger charge is -2.29. The summed E-state index contributed by atoms with van der Waals surface area (Å²) in [7, 11) is 1.49. The van der Waals surface area contributed by atoms with Crippen molar-refractivity contribution in [3.05, 3.63) is 0 Å². The first-order valence-electron chi connectivity index (χ1n) is 11.3. The predicted octanol–water partition coefficient (Wildman–Crippen LogP) is -2.92. The van der Waals surface area contributed by atoms with E-state index in [2.05, 4.69) is 21.3 Å². The molecule has 0 aromatic rings. The Morgan fingerprint density at radius 1 is 0.941 bits per heavy atom. The number of likely N-dealkylation sites (N-methyl/N-ethyl adjacent to an activating group) is 1. The molecule has 13 nitrogen and oxygen atoms in total. The van der Waals surface area contributed by atoms with Crippen molar-refractivity contribution in [2.45, 2.75) is 70.6 Å². The molecule has 1 aliphatic heterocycles. The molecule has 0 saturated carbocycles. The number of rotatable bonds is 13. The summed E-state index contributed by atoms with van der Waals surface area (Å²) >= 11 is 0. The number of primary amides is 2. The maximum atomic E-state index is 13.0. The molecule has 1 aliphatic rings. The van der Waals surface area contributed by atoms with Crippen LogP contribution in [0.4, 0.5) is 0 Å². The molecule has 1 unspecified atom stereocenters. The van der Waals surface area contributed by atoms with Gasteiger partial charge in [0.2, 0.25) is 35.4 Å². The minimum Gasteiger partial charge on any atom is -0.370 e. The van der Waals surface area contributed by atoms with Gasteiger partial charge in [0.25, 0.3) is 0 Å². The fourth-order valence-electron chi connectivity index (χ4n) is 3.72. The summed E-state index contributed by atoms with van der Waals surface area (Å²) in [4.78, 5) is 74.3. The fraction of sp³-hybridized carbons (Fsp3) is 0.714. The second kappa shape index (κ2) is 13.5. The van der Waals surface area contributed by atoms with Crippen LogP contribution in [0.15, 0.2) is 0 Å². The number of nitrogens with zero attached hydrogens (tertiary/aromatic N) is 1. The summed E-state index contributed by atoms with van der Waals surface area (Å²) in [5.74, 6) is -3.36. The van der Waals surface area contributed by atoms with Crippen LogP contribution in [0.25, 0.3) is 0 Å². The molecule has 6 amide bonds. The van der Waals surface area contributed by atoms with Crippen LogP contribution in [0.3, 0.4) is 0 Å². The lowest BCUT2D eigenvalue weighted by atomic mass is 10.0. The Bertz CT molecular complexity index is 788. The summed E-state index contributed by atoms with van der Waals surface area (Å²) in [6, 6.07) is -3.54. The third kappa shape index (κ3) is 8.96. The van der Waals surface area contributed by atoms with Gasteiger partial charge >= 0.3 is 0 Å². The maximum absolute atomic E-state index is 13.0. The van der Waals surface area contributed by atoms with Crippen molar-refractivity contribution in [1.82, 2.24) is 26.2 Å². The molecule has 0 radical (unpaired) electrons. The van der Waals surface area contributed by atoms with Gasteiger partial charge in [-0.15, -0.1) is 0 Å². The molecule has 1 heterocycles. The molecule has 1 saturated heterocycles. The van der Waals surface area contributed by atoms with Crippen molar-refractivity contribution in [2.75, 3.05) is 20.1 Å². The molecular weight excluding hydrogens is 446 g/mol. The third-order valence-corrected chi connectivity index (χ3v) is 5.41. The Labute approximate surface area is 199 Å². The van der Waals surface area contributed by atoms with Crippen LogP contribution in [0, 0.1) is 5.92 Å². The molecule has 192 valence electrons. The number of nitrogens with one attached hydrogen (secondary N) is 4. The lowest BCUT2D eigenvalue weighted by Crippen LogP contribution is -2.57. The van der Waals surface area contributed by atoms with Crippen molar-refractivity contribution >= 4 is 35.4 Å². The topological polar surface area (TPSA) is 206 Å². The Morgan fingerprint density at radius 2 is 1.59 bits per heavy atom. The monoisotopic (exact) mass is 483 g/mol. The number of likely N-dealkylation sites (tertiary alicyclic amines) is 1. The summed E-state index contributed by atoms with van der Waals surface area (Å²) in [5, 5.41) is 10.3. The minimum atomic E-state index is -0.949. The summed E-state index contributed by atoms with van der Waals surface area (Å²) in [6.45, 7) is 5.22. The minimum absolute atomic E-state index is 0.0710. The Hall–Kier alpha value is -3.22. The van der Waals surface area contributed by atoms with Crippen LogP contribution in [0.2, 0.25) is 0 Å². The number of hydrogen-bond acceptors (Lipinski definition) is 7. The Morgan fingerprint density at radius 3 is 2.12 bits per heavy atom. The van der Waals surface area contributed by atoms with Crippen molar-refractivity contribution in [3.8, 4) is 0 Å². The van der Waals surface area contributed by atoms with Crippen LogP contribution in [-0.2, 0) is 28.8 Å². The molecule has 8 N–H and O–H groups in total. The highest BCUT2D eigenvalue weighted by molar-refractivity contribution is 5.96. The van der Waals surface area contributed by atoms with E-state index < -0.39 is 59.6 Å². The van der Waals surface area contributed by atoms with Gasteiger partial charge in [0.05, 0.1) is 19.0 Å². The predicted molar refractivity (Wildman–Crippen MR) is 123 cm³/mol. The molecule has 13 heteroatoms. The van der Waals surface area contributed by atoms with Crippen LogP contribution in [-0.4, -0.2) is 84.6 Å². The van der Waals surface area contributed by atoms with Crippen molar-refractivity contribution < 1.29 is 28.8 Å². The molecule has 1 rings (SSSR count). The van der Waals surface area contributed by atoms with Gasteiger partial charge in [-0.25, -0.2) is 0 Å². The largest absolute Gasteiger partial charge is 0.370 e. The molecule has 0 aromatic carbocycles. The Balaban J connectivity index is 2.84. The highest BCUT2D eigenvalue weighted by atomic mass is 16.2. The second-order valence-electron chi connectivity index (χ2n) is 8.81. The number of carbonyl (C=O) groups is 6. The molecular formula is C21H37N7O6. The normalized spacial score (nSPS) is 18.0. The lowest BCUT2D eigenvalue weighted by molar-refractivity contribution is -0.142. The van der Waals surface area contributed by atoms with Gasteiger partial charge in [-0.2, -0.15) is 0 Å². The smallest absolute Gasteiger partial charge is 0.245 e. The van der Waals surface area contributed by atoms with Gasteiger partial charge in [0.15, 0.2) is 0 Å². The van der Waals surface area contributed by atoms with Crippen molar-refractivity contribution in [3.63, 3.8) is 0 Å². The van der Waals surface area contributed by atoms with E-state index in [1.54, 1.807) is 0 Å². The first kappa shape index (κ1) is 28.8. The molecule has 0 bridgehead atoms. The fourth-order valence-corrected chi connectivity index (χ4v) is 3.72. The highest BCUT2D eigenvalue weighted by Crippen LogP contribution is 2.19. The third-order valence-electron chi connectivity index (χ3n) is 5.41. The molecule has 1 fully saturated rings. The van der Waals surface area contributed by atoms with Crippen LogP contribution in [0.5, 0.6) is 0 Å². The van der Waals surface area contributed by atoms with E-state index in [1.165, 1.54) is 18.9 Å². The molecule has 0 spiro atoms. The molecule has 34 heavy (non-hydrogen) atoms. The zero-order valence-electron chi connectivity index (χ0n) is 20.2. The number of hydrogen-bond donors (Lipinski definition) is 6. The summed E-state index contributed by atoms with van der Waals surface area (Å²) in [6.07, 6.45) is 1.08. The van der Waals surface area contributed by atoms with E-state index in [-0.39, 0.29) is 18.9 Å². The average molecular weight is 484 g/mol. The maximum Gasteiger partial charge on any atom is 0.245 e. The summed E-state index contributed by atoms with van der Waals surface area (Å²) in [5.41, 5.74) is 10.2. The summed E-state index contributed by atoms with van der Waals surface area (Å²) < 4.78 is 0. The van der Waals surface area contributed by atoms with E-state index in [4.69, 9.17) is 11.5 Å². The van der Waals surface area contributed by atoms with E-state index in [9.17, 15) is 28.8 Å². The zero-order chi connectivity index (χ0) is 26.0. The first-order valence-corrected chi connectivity index (χ1v) is 11.3. The number of carbonyl (C=O) groups excluding carboxylic acids is 6. The molecule has 0 aliphatic carbocycles. The number of nitrogens with two attached hydrogens (primary N) is 2. The van der Waals surface area contributed by atoms with Crippen LogP contribution < -0.4 is 32.7 Å². The van der Waals surface area contributed by atoms with E-state index in [1.807, 2.05) is 13.8 Å². The van der Waals surface area contributed by atoms with Crippen molar-refractivity contribution in [2.24, 2.45) is 17.4 Å². The standard InChI is InChI=1S/C21H37N7O6/c1-11(2)8-14(18(31)25-10-17(23)30)27-20(33)15-6-5-7-28(15)21(34)12(3)26-19(32)13(24-4)9-16(22)29/h11-15,24H,5-10H2,1-4H3,(H2,22,29)(H2,23,30)(H,25,31)(H,26,32)(H,27,33)/t12-,13-,14-,15?/m0/s1. The SMILES string of the molecule is CN[C@@H](CC(N)=O)C(=O)N[C@@H](C)C(=O)N1CCCC1C(=O)N[C@@H](CC(C)C)C(=O)NCC(N)=O. The van der Waals surface area contributed by atoms with Crippen LogP contribution in [0.1, 0.15) is 46.5 Å². The Kier molecular flexibility index (Phi) is 11.4. The van der Waals surface area contributed by atoms with Gasteiger partial charge in [-0.1, -0.05) is 13.8 Å². The average Bonchev–Trinajstić information content (AvgIpc) is 3.24. The van der Waals surface area contributed by atoms with Gasteiger partial charge < -0.3 is 37.6 Å². The first-order chi connectivity index (χ1) is 15.9. The van der Waals surface area contributed by atoms with E-state index >= 15 is 0 Å². The zero-order valence-corrected chi connectivity index (χ0v) is 20.2. The second-order valence-corrected chi connectivity index (χ2v) is 8.81. The van der Waals surface area contributed by atoms with Gasteiger partial charge in [0, 0.05) is 6.54 Å². The van der Waals surface area contributed by atoms with E-state index in [0.29, 0.717) is 25.8 Å².